The predicted octanol–water partition coefficient (Wildman–Crippen LogP) is 1.40. The van der Waals surface area contributed by atoms with Gasteiger partial charge in [-0.05, 0) is 54.9 Å². The lowest BCUT2D eigenvalue weighted by Crippen LogP contribution is -2.47. The average molecular weight is 462 g/mol. The number of methoxy groups -OCH3 is 1. The maximum atomic E-state index is 13.3. The second-order valence-corrected chi connectivity index (χ2v) is 8.76. The molecule has 5 rings (SSSR count). The highest BCUT2D eigenvalue weighted by molar-refractivity contribution is 5.93. The zero-order valence-corrected chi connectivity index (χ0v) is 19.7. The molecule has 4 heterocycles. The number of benzene rings is 1. The lowest BCUT2D eigenvalue weighted by atomic mass is 10.00. The normalized spacial score (nSPS) is 20.0. The van der Waals surface area contributed by atoms with Crippen molar-refractivity contribution in [1.29, 1.82) is 0 Å². The van der Waals surface area contributed by atoms with Gasteiger partial charge in [-0.2, -0.15) is 0 Å². The van der Waals surface area contributed by atoms with Gasteiger partial charge in [-0.3, -0.25) is 4.79 Å². The number of hydrogen-bond acceptors (Lipinski definition) is 8. The predicted molar refractivity (Wildman–Crippen MR) is 130 cm³/mol. The first-order valence-electron chi connectivity index (χ1n) is 11.8. The number of nitrogens with one attached hydrogen (secondary N) is 3. The topological polar surface area (TPSA) is 94.7 Å². The summed E-state index contributed by atoms with van der Waals surface area (Å²) in [5.41, 5.74) is 4.79. The summed E-state index contributed by atoms with van der Waals surface area (Å²) in [6.45, 7) is 7.21. The van der Waals surface area contributed by atoms with Gasteiger partial charge >= 0.3 is 0 Å². The first-order valence-corrected chi connectivity index (χ1v) is 11.8. The molecule has 0 radical (unpaired) electrons. The van der Waals surface area contributed by atoms with Crippen LogP contribution in [0.1, 0.15) is 28.5 Å². The molecule has 3 aliphatic rings. The van der Waals surface area contributed by atoms with Crippen LogP contribution in [-0.4, -0.2) is 66.7 Å². The van der Waals surface area contributed by atoms with Crippen LogP contribution in [0.15, 0.2) is 54.1 Å². The summed E-state index contributed by atoms with van der Waals surface area (Å²) in [5, 5.41) is 9.80. The minimum absolute atomic E-state index is 0.00581. The van der Waals surface area contributed by atoms with Crippen LogP contribution in [0.3, 0.4) is 0 Å². The number of allylic oxidation sites excluding steroid dienone is 1. The van der Waals surface area contributed by atoms with Crippen molar-refractivity contribution in [3.63, 3.8) is 0 Å². The van der Waals surface area contributed by atoms with Gasteiger partial charge in [0.25, 0.3) is 5.91 Å². The van der Waals surface area contributed by atoms with Gasteiger partial charge in [-0.25, -0.2) is 9.97 Å². The van der Waals surface area contributed by atoms with E-state index in [1.807, 2.05) is 25.3 Å². The van der Waals surface area contributed by atoms with Crippen molar-refractivity contribution in [3.8, 4) is 5.75 Å². The Morgan fingerprint density at radius 2 is 2.00 bits per heavy atom. The Labute approximate surface area is 199 Å². The van der Waals surface area contributed by atoms with Gasteiger partial charge in [0.2, 0.25) is 5.95 Å². The molecule has 0 spiro atoms. The van der Waals surface area contributed by atoms with Crippen molar-refractivity contribution in [1.82, 2.24) is 30.8 Å². The molecule has 1 saturated heterocycles. The largest absolute Gasteiger partial charge is 0.497 e. The quantitative estimate of drug-likeness (QED) is 0.615. The monoisotopic (exact) mass is 461 g/mol. The molecule has 0 bridgehead atoms. The molecule has 1 amide bonds. The van der Waals surface area contributed by atoms with Crippen molar-refractivity contribution < 1.29 is 9.53 Å². The summed E-state index contributed by atoms with van der Waals surface area (Å²) < 4.78 is 5.38. The summed E-state index contributed by atoms with van der Waals surface area (Å²) in [6.07, 6.45) is 6.54. The number of fused-ring (bicyclic) bond motifs is 1. The molecular weight excluding hydrogens is 430 g/mol. The SMILES string of the molecule is COc1ccc2c(c1)CN(c1nccc(C(=O)NC3=C(N4CCNCC4)C=CNC3C)n1)CC2. The average Bonchev–Trinajstić information content (AvgIpc) is 2.89. The summed E-state index contributed by atoms with van der Waals surface area (Å²) >= 11 is 0. The van der Waals surface area contributed by atoms with Crippen LogP contribution in [-0.2, 0) is 13.0 Å². The minimum Gasteiger partial charge on any atom is -0.497 e. The van der Waals surface area contributed by atoms with Gasteiger partial charge in [0.05, 0.1) is 24.5 Å². The van der Waals surface area contributed by atoms with E-state index < -0.39 is 0 Å². The van der Waals surface area contributed by atoms with E-state index in [2.05, 4.69) is 47.9 Å². The van der Waals surface area contributed by atoms with Crippen LogP contribution in [0.2, 0.25) is 0 Å². The zero-order valence-electron chi connectivity index (χ0n) is 19.7. The Kier molecular flexibility index (Phi) is 6.35. The highest BCUT2D eigenvalue weighted by atomic mass is 16.5. The second kappa shape index (κ2) is 9.72. The molecule has 3 N–H and O–H groups in total. The lowest BCUT2D eigenvalue weighted by Gasteiger charge is -2.35. The lowest BCUT2D eigenvalue weighted by molar-refractivity contribution is 0.0956. The third-order valence-corrected chi connectivity index (χ3v) is 6.59. The number of carbonyl (C=O) groups excluding carboxylic acids is 1. The van der Waals surface area contributed by atoms with Gasteiger partial charge in [-0.15, -0.1) is 0 Å². The second-order valence-electron chi connectivity index (χ2n) is 8.76. The van der Waals surface area contributed by atoms with E-state index in [1.165, 1.54) is 11.1 Å². The van der Waals surface area contributed by atoms with Crippen LogP contribution >= 0.6 is 0 Å². The Morgan fingerprint density at radius 1 is 1.15 bits per heavy atom. The molecule has 1 unspecified atom stereocenters. The smallest absolute Gasteiger partial charge is 0.274 e. The summed E-state index contributed by atoms with van der Waals surface area (Å²) in [5.74, 6) is 1.17. The fourth-order valence-electron chi connectivity index (χ4n) is 4.66. The Morgan fingerprint density at radius 3 is 2.82 bits per heavy atom. The first-order chi connectivity index (χ1) is 16.6. The number of rotatable bonds is 5. The number of aromatic nitrogens is 2. The number of piperazine rings is 1. The molecule has 0 aliphatic carbocycles. The van der Waals surface area contributed by atoms with Gasteiger partial charge in [0.15, 0.2) is 0 Å². The number of amides is 1. The number of hydrogen-bond donors (Lipinski definition) is 3. The standard InChI is InChI=1S/C25H31N7O2/c1-17-23(22(6-9-27-17)31-13-10-26-11-14-31)30-24(33)21-5-8-28-25(29-21)32-12-7-18-3-4-20(34-2)15-19(18)16-32/h3-6,8-9,15,17,26-27H,7,10-14,16H2,1-2H3,(H,30,33). The Balaban J connectivity index is 1.35. The fourth-order valence-corrected chi connectivity index (χ4v) is 4.66. The number of ether oxygens (including phenoxy) is 1. The maximum absolute atomic E-state index is 13.3. The van der Waals surface area contributed by atoms with Crippen molar-refractivity contribution in [2.45, 2.75) is 25.9 Å². The Bertz CT molecular complexity index is 1120. The molecule has 178 valence electrons. The van der Waals surface area contributed by atoms with Gasteiger partial charge in [0, 0.05) is 45.5 Å². The number of nitrogens with zero attached hydrogens (tertiary/aromatic N) is 4. The molecule has 1 fully saturated rings. The minimum atomic E-state index is -0.227. The molecule has 1 atom stereocenters. The molecule has 3 aliphatic heterocycles. The third kappa shape index (κ3) is 4.56. The Hall–Kier alpha value is -3.59. The van der Waals surface area contributed by atoms with Crippen molar-refractivity contribution >= 4 is 11.9 Å². The highest BCUT2D eigenvalue weighted by Crippen LogP contribution is 2.26. The number of dihydropyridines is 1. The summed E-state index contributed by atoms with van der Waals surface area (Å²) in [6, 6.07) is 7.84. The van der Waals surface area contributed by atoms with Crippen molar-refractivity contribution in [2.75, 3.05) is 44.7 Å². The van der Waals surface area contributed by atoms with Gasteiger partial charge in [0.1, 0.15) is 11.4 Å². The highest BCUT2D eigenvalue weighted by Gasteiger charge is 2.25. The number of carbonyl (C=O) groups is 1. The molecule has 34 heavy (non-hydrogen) atoms. The van der Waals surface area contributed by atoms with Crippen LogP contribution in [0.4, 0.5) is 5.95 Å². The molecule has 1 aromatic heterocycles. The fraction of sp³-hybridized carbons (Fsp3) is 0.400. The van der Waals surface area contributed by atoms with E-state index in [1.54, 1.807) is 19.4 Å². The molecule has 2 aromatic rings. The number of anilines is 1. The van der Waals surface area contributed by atoms with Crippen LogP contribution in [0.25, 0.3) is 0 Å². The van der Waals surface area contributed by atoms with E-state index in [9.17, 15) is 4.79 Å². The molecule has 1 aromatic carbocycles. The molecule has 9 heteroatoms. The molecule has 9 nitrogen and oxygen atoms in total. The van der Waals surface area contributed by atoms with Crippen molar-refractivity contribution in [3.05, 3.63) is 71.0 Å². The van der Waals surface area contributed by atoms with Crippen LogP contribution in [0.5, 0.6) is 5.75 Å². The van der Waals surface area contributed by atoms with Gasteiger partial charge < -0.3 is 30.5 Å². The van der Waals surface area contributed by atoms with E-state index in [0.29, 0.717) is 18.2 Å². The zero-order chi connectivity index (χ0) is 23.5. The van der Waals surface area contributed by atoms with E-state index >= 15 is 0 Å². The van der Waals surface area contributed by atoms with Crippen molar-refractivity contribution in [2.24, 2.45) is 0 Å². The van der Waals surface area contributed by atoms with E-state index in [-0.39, 0.29) is 11.9 Å². The third-order valence-electron chi connectivity index (χ3n) is 6.59. The van der Waals surface area contributed by atoms with E-state index in [0.717, 1.165) is 56.3 Å². The summed E-state index contributed by atoms with van der Waals surface area (Å²) in [7, 11) is 1.68. The van der Waals surface area contributed by atoms with Crippen LogP contribution in [0, 0.1) is 0 Å². The summed E-state index contributed by atoms with van der Waals surface area (Å²) in [4.78, 5) is 26.8. The van der Waals surface area contributed by atoms with E-state index in [4.69, 9.17) is 4.74 Å². The van der Waals surface area contributed by atoms with Crippen LogP contribution < -0.4 is 25.6 Å². The van der Waals surface area contributed by atoms with Gasteiger partial charge in [-0.1, -0.05) is 6.07 Å². The molecular formula is C25H31N7O2. The maximum Gasteiger partial charge on any atom is 0.274 e. The molecule has 0 saturated carbocycles. The first kappa shape index (κ1) is 22.2.